The maximum Gasteiger partial charge on any atom is 0.351 e. The number of H-pyrrole nitrogens is 1. The van der Waals surface area contributed by atoms with E-state index < -0.39 is 12.1 Å². The first kappa shape index (κ1) is 15.3. The molecule has 6 nitrogen and oxygen atoms in total. The predicted molar refractivity (Wildman–Crippen MR) is 89.9 cm³/mol. The minimum Gasteiger partial charge on any atom is -0.485 e. The van der Waals surface area contributed by atoms with Gasteiger partial charge in [0.05, 0.1) is 0 Å². The van der Waals surface area contributed by atoms with E-state index in [-0.39, 0.29) is 19.0 Å². The summed E-state index contributed by atoms with van der Waals surface area (Å²) in [5.74, 6) is 0.172. The lowest BCUT2D eigenvalue weighted by atomic mass is 10.1. The monoisotopic (exact) mass is 337 g/mol. The number of carbonyl (C=O) groups excluding carboxylic acids is 2. The van der Waals surface area contributed by atoms with E-state index >= 15 is 0 Å². The van der Waals surface area contributed by atoms with Crippen molar-refractivity contribution in [2.45, 2.75) is 6.10 Å². The van der Waals surface area contributed by atoms with E-state index in [1.807, 2.05) is 30.3 Å². The molecule has 6 heteroatoms. The Labute approximate surface area is 143 Å². The predicted octanol–water partition coefficient (Wildman–Crippen LogP) is 2.73. The molecular formula is C19H15NO5. The zero-order valence-electron chi connectivity index (χ0n) is 13.2. The molecule has 1 aliphatic heterocycles. The number of hydrogen-bond acceptors (Lipinski definition) is 5. The molecule has 2 aromatic carbocycles. The van der Waals surface area contributed by atoms with Gasteiger partial charge < -0.3 is 19.2 Å². The Morgan fingerprint density at radius 1 is 1.08 bits per heavy atom. The van der Waals surface area contributed by atoms with E-state index in [0.29, 0.717) is 17.1 Å². The Balaban J connectivity index is 1.40. The normalized spacial score (nSPS) is 15.8. The van der Waals surface area contributed by atoms with Crippen LogP contribution in [0.4, 0.5) is 0 Å². The van der Waals surface area contributed by atoms with Crippen LogP contribution in [0.2, 0.25) is 0 Å². The van der Waals surface area contributed by atoms with Crippen molar-refractivity contribution in [1.29, 1.82) is 0 Å². The highest BCUT2D eigenvalue weighted by atomic mass is 16.6. The minimum absolute atomic E-state index is 0.0527. The summed E-state index contributed by atoms with van der Waals surface area (Å²) in [4.78, 5) is 27.5. The van der Waals surface area contributed by atoms with Crippen molar-refractivity contribution in [2.75, 3.05) is 13.2 Å². The van der Waals surface area contributed by atoms with Crippen molar-refractivity contribution in [1.82, 2.24) is 4.98 Å². The van der Waals surface area contributed by atoms with Crippen LogP contribution in [0.1, 0.15) is 10.4 Å². The topological polar surface area (TPSA) is 77.6 Å². The van der Waals surface area contributed by atoms with Gasteiger partial charge in [-0.15, -0.1) is 0 Å². The van der Waals surface area contributed by atoms with E-state index in [2.05, 4.69) is 4.98 Å². The molecule has 0 amide bonds. The molecule has 2 heterocycles. The molecule has 1 N–H and O–H groups in total. The number of ether oxygens (including phenoxy) is 3. The Hall–Kier alpha value is -3.28. The number of esters is 1. The summed E-state index contributed by atoms with van der Waals surface area (Å²) in [5.41, 5.74) is 1.35. The van der Waals surface area contributed by atoms with Gasteiger partial charge in [0.15, 0.2) is 18.1 Å². The van der Waals surface area contributed by atoms with Crippen LogP contribution in [0.25, 0.3) is 10.9 Å². The molecule has 25 heavy (non-hydrogen) atoms. The standard InChI is InChI=1S/C19H15NO5/c21-15(13-9-20-14-6-2-1-5-12(13)14)10-24-19(22)18-11-23-16-7-3-4-8-17(16)25-18/h1-9,18,20H,10-11H2/t18-/m1/s1. The van der Waals surface area contributed by atoms with Crippen LogP contribution in [0, 0.1) is 0 Å². The van der Waals surface area contributed by atoms with Crippen molar-refractivity contribution in [3.63, 3.8) is 0 Å². The van der Waals surface area contributed by atoms with E-state index in [1.165, 1.54) is 0 Å². The second kappa shape index (κ2) is 6.32. The van der Waals surface area contributed by atoms with Crippen LogP contribution in [0.5, 0.6) is 11.5 Å². The van der Waals surface area contributed by atoms with Crippen molar-refractivity contribution >= 4 is 22.7 Å². The first-order valence-corrected chi connectivity index (χ1v) is 7.87. The first-order valence-electron chi connectivity index (χ1n) is 7.87. The van der Waals surface area contributed by atoms with Gasteiger partial charge in [0.25, 0.3) is 0 Å². The Bertz CT molecular complexity index is 946. The van der Waals surface area contributed by atoms with E-state index in [9.17, 15) is 9.59 Å². The lowest BCUT2D eigenvalue weighted by molar-refractivity contribution is -0.153. The number of Topliss-reactive ketones (excluding diaryl/α,β-unsaturated/α-hetero) is 1. The van der Waals surface area contributed by atoms with Gasteiger partial charge in [-0.1, -0.05) is 30.3 Å². The fraction of sp³-hybridized carbons (Fsp3) is 0.158. The lowest BCUT2D eigenvalue weighted by Gasteiger charge is -2.24. The molecule has 1 atom stereocenters. The highest BCUT2D eigenvalue weighted by molar-refractivity contribution is 6.08. The third kappa shape index (κ3) is 2.94. The summed E-state index contributed by atoms with van der Waals surface area (Å²) < 4.78 is 16.2. The molecule has 0 radical (unpaired) electrons. The number of ketones is 1. The molecule has 0 fully saturated rings. The minimum atomic E-state index is -0.884. The number of nitrogens with one attached hydrogen (secondary N) is 1. The molecule has 0 saturated heterocycles. The maximum absolute atomic E-state index is 12.3. The summed E-state index contributed by atoms with van der Waals surface area (Å²) in [7, 11) is 0. The zero-order chi connectivity index (χ0) is 17.2. The molecule has 1 aromatic heterocycles. The molecule has 0 aliphatic carbocycles. The molecule has 0 unspecified atom stereocenters. The van der Waals surface area contributed by atoms with E-state index in [1.54, 1.807) is 24.4 Å². The van der Waals surface area contributed by atoms with Gasteiger partial charge in [0.2, 0.25) is 11.9 Å². The van der Waals surface area contributed by atoms with E-state index in [0.717, 1.165) is 10.9 Å². The van der Waals surface area contributed by atoms with Crippen LogP contribution in [0.15, 0.2) is 54.7 Å². The number of carbonyl (C=O) groups is 2. The fourth-order valence-corrected chi connectivity index (χ4v) is 2.75. The summed E-state index contributed by atoms with van der Waals surface area (Å²) >= 11 is 0. The van der Waals surface area contributed by atoms with Crippen molar-refractivity contribution in [2.24, 2.45) is 0 Å². The summed E-state index contributed by atoms with van der Waals surface area (Å²) in [6.45, 7) is -0.292. The van der Waals surface area contributed by atoms with Gasteiger partial charge in [-0.3, -0.25) is 4.79 Å². The number of hydrogen-bond donors (Lipinski definition) is 1. The molecule has 3 aromatic rings. The van der Waals surface area contributed by atoms with Gasteiger partial charge >= 0.3 is 5.97 Å². The molecule has 0 spiro atoms. The second-order valence-corrected chi connectivity index (χ2v) is 5.64. The van der Waals surface area contributed by atoms with Crippen molar-refractivity contribution in [3.05, 3.63) is 60.3 Å². The first-order chi connectivity index (χ1) is 12.2. The van der Waals surface area contributed by atoms with Crippen LogP contribution < -0.4 is 9.47 Å². The van der Waals surface area contributed by atoms with Crippen molar-refractivity contribution < 1.29 is 23.8 Å². The average Bonchev–Trinajstić information content (AvgIpc) is 3.09. The lowest BCUT2D eigenvalue weighted by Crippen LogP contribution is -2.38. The third-order valence-corrected chi connectivity index (χ3v) is 4.01. The van der Waals surface area contributed by atoms with Crippen LogP contribution in [0.3, 0.4) is 0 Å². The number of aromatic amines is 1. The number of fused-ring (bicyclic) bond motifs is 2. The van der Waals surface area contributed by atoms with Crippen LogP contribution in [-0.2, 0) is 9.53 Å². The summed E-state index contributed by atoms with van der Waals surface area (Å²) in [6.07, 6.45) is 0.739. The number of rotatable bonds is 4. The number of para-hydroxylation sites is 3. The van der Waals surface area contributed by atoms with Crippen LogP contribution in [-0.4, -0.2) is 36.1 Å². The Morgan fingerprint density at radius 3 is 2.72 bits per heavy atom. The van der Waals surface area contributed by atoms with Gasteiger partial charge in [-0.05, 0) is 18.2 Å². The largest absolute Gasteiger partial charge is 0.485 e. The number of aromatic nitrogens is 1. The molecular weight excluding hydrogens is 322 g/mol. The quantitative estimate of drug-likeness (QED) is 0.585. The summed E-state index contributed by atoms with van der Waals surface area (Å²) in [5, 5.41) is 0.801. The number of benzene rings is 2. The van der Waals surface area contributed by atoms with Gasteiger partial charge in [0.1, 0.15) is 6.61 Å². The van der Waals surface area contributed by atoms with Gasteiger partial charge in [-0.2, -0.15) is 0 Å². The second-order valence-electron chi connectivity index (χ2n) is 5.64. The third-order valence-electron chi connectivity index (χ3n) is 4.01. The maximum atomic E-state index is 12.3. The summed E-state index contributed by atoms with van der Waals surface area (Å²) in [6, 6.07) is 14.5. The molecule has 0 saturated carbocycles. The zero-order valence-corrected chi connectivity index (χ0v) is 13.2. The highest BCUT2D eigenvalue weighted by Crippen LogP contribution is 2.31. The van der Waals surface area contributed by atoms with Crippen molar-refractivity contribution in [3.8, 4) is 11.5 Å². The van der Waals surface area contributed by atoms with Gasteiger partial charge in [0, 0.05) is 22.7 Å². The van der Waals surface area contributed by atoms with Gasteiger partial charge in [-0.25, -0.2) is 4.79 Å². The van der Waals surface area contributed by atoms with Crippen LogP contribution >= 0.6 is 0 Å². The highest BCUT2D eigenvalue weighted by Gasteiger charge is 2.29. The SMILES string of the molecule is O=C(COC(=O)[C@H]1COc2ccccc2O1)c1c[nH]c2ccccc12. The molecule has 4 rings (SSSR count). The fourth-order valence-electron chi connectivity index (χ4n) is 2.75. The van der Waals surface area contributed by atoms with E-state index in [4.69, 9.17) is 14.2 Å². The molecule has 0 bridgehead atoms. The average molecular weight is 337 g/mol. The Morgan fingerprint density at radius 2 is 1.84 bits per heavy atom. The molecule has 1 aliphatic rings. The Kier molecular flexibility index (Phi) is 3.85. The molecule has 126 valence electrons. The smallest absolute Gasteiger partial charge is 0.351 e.